The molecule has 6 heteroatoms. The zero-order valence-corrected chi connectivity index (χ0v) is 15.7. The molecule has 2 aliphatic rings. The molecule has 0 aliphatic carbocycles. The molecule has 0 radical (unpaired) electrons. The van der Waals surface area contributed by atoms with Gasteiger partial charge in [0.25, 0.3) is 0 Å². The van der Waals surface area contributed by atoms with E-state index in [-0.39, 0.29) is 12.0 Å². The molecule has 0 spiro atoms. The minimum atomic E-state index is 0.147. The molecule has 1 aromatic heterocycles. The molecule has 3 heterocycles. The summed E-state index contributed by atoms with van der Waals surface area (Å²) in [6.07, 6.45) is 7.05. The molecule has 4 nitrogen and oxygen atoms in total. The van der Waals surface area contributed by atoms with E-state index < -0.39 is 0 Å². The number of hydrogen-bond acceptors (Lipinski definition) is 5. The predicted molar refractivity (Wildman–Crippen MR) is 106 cm³/mol. The number of para-hydroxylation sites is 1. The van der Waals surface area contributed by atoms with Crippen molar-refractivity contribution in [1.29, 1.82) is 0 Å². The van der Waals surface area contributed by atoms with E-state index in [9.17, 15) is 5.11 Å². The molecule has 4 rings (SSSR count). The van der Waals surface area contributed by atoms with E-state index in [0.717, 1.165) is 47.6 Å². The lowest BCUT2D eigenvalue weighted by Gasteiger charge is -2.11. The number of allylic oxidation sites excluding steroid dienone is 1. The van der Waals surface area contributed by atoms with E-state index in [4.69, 9.17) is 17.0 Å². The number of aryl methyl sites for hydroxylation is 1. The molecule has 0 saturated carbocycles. The van der Waals surface area contributed by atoms with E-state index in [1.54, 1.807) is 4.57 Å². The Morgan fingerprint density at radius 3 is 3.12 bits per heavy atom. The zero-order valence-electron chi connectivity index (χ0n) is 14.1. The first-order valence-electron chi connectivity index (χ1n) is 8.59. The molecule has 1 N–H and O–H groups in total. The van der Waals surface area contributed by atoms with Crippen LogP contribution in [0.2, 0.25) is 0 Å². The first kappa shape index (κ1) is 16.7. The summed E-state index contributed by atoms with van der Waals surface area (Å²) in [4.78, 5) is 5.34. The van der Waals surface area contributed by atoms with Crippen LogP contribution in [0.15, 0.2) is 23.2 Å². The number of aromatic hydroxyl groups is 1. The van der Waals surface area contributed by atoms with Crippen molar-refractivity contribution in [2.75, 3.05) is 6.61 Å². The van der Waals surface area contributed by atoms with Crippen molar-refractivity contribution in [2.45, 2.75) is 38.8 Å². The van der Waals surface area contributed by atoms with Gasteiger partial charge >= 0.3 is 0 Å². The maximum atomic E-state index is 10.6. The van der Waals surface area contributed by atoms with Crippen molar-refractivity contribution in [3.05, 3.63) is 38.2 Å². The lowest BCUT2D eigenvalue weighted by Crippen LogP contribution is -2.14. The minimum absolute atomic E-state index is 0.147. The lowest BCUT2D eigenvalue weighted by molar-refractivity contribution is 0.0948. The summed E-state index contributed by atoms with van der Waals surface area (Å²) in [5.74, 6) is 0.228. The average Bonchev–Trinajstić information content (AvgIpc) is 3.33. The predicted octanol–water partition coefficient (Wildman–Crippen LogP) is 4.98. The number of nitrogens with zero attached hydrogens (tertiary/aromatic N) is 2. The second kappa shape index (κ2) is 6.86. The number of ether oxygens (including phenoxy) is 1. The summed E-state index contributed by atoms with van der Waals surface area (Å²) in [7, 11) is 0. The van der Waals surface area contributed by atoms with Gasteiger partial charge in [-0.2, -0.15) is 0 Å². The number of aliphatic imine (C=N–C) groups is 1. The molecule has 1 aromatic carbocycles. The summed E-state index contributed by atoms with van der Waals surface area (Å²) in [6.45, 7) is 3.55. The second-order valence-corrected chi connectivity index (χ2v) is 8.00. The quantitative estimate of drug-likeness (QED) is 0.770. The van der Waals surface area contributed by atoms with Crippen LogP contribution in [0, 0.1) is 3.95 Å². The van der Waals surface area contributed by atoms with E-state index in [2.05, 4.69) is 30.1 Å². The van der Waals surface area contributed by atoms with Crippen LogP contribution in [-0.2, 0) is 17.7 Å². The van der Waals surface area contributed by atoms with Crippen molar-refractivity contribution >= 4 is 47.1 Å². The third-order valence-electron chi connectivity index (χ3n) is 4.73. The molecule has 1 fully saturated rings. The van der Waals surface area contributed by atoms with Gasteiger partial charge in [-0.25, -0.2) is 0 Å². The normalized spacial score (nSPS) is 20.5. The van der Waals surface area contributed by atoms with E-state index >= 15 is 0 Å². The summed E-state index contributed by atoms with van der Waals surface area (Å²) in [5, 5.41) is 10.6. The lowest BCUT2D eigenvalue weighted by atomic mass is 10.0. The minimum Gasteiger partial charge on any atom is -0.493 e. The summed E-state index contributed by atoms with van der Waals surface area (Å²) < 4.78 is 8.14. The maximum absolute atomic E-state index is 10.6. The molecule has 0 unspecified atom stereocenters. The number of benzene rings is 1. The van der Waals surface area contributed by atoms with Gasteiger partial charge in [0, 0.05) is 24.0 Å². The molecule has 1 atom stereocenters. The van der Waals surface area contributed by atoms with Crippen LogP contribution < -0.4 is 0 Å². The third-order valence-corrected chi connectivity index (χ3v) is 6.12. The van der Waals surface area contributed by atoms with E-state index in [0.29, 0.717) is 10.5 Å². The Morgan fingerprint density at radius 1 is 1.48 bits per heavy atom. The smallest absolute Gasteiger partial charge is 0.210 e. The Labute approximate surface area is 156 Å². The molecule has 2 aliphatic heterocycles. The highest BCUT2D eigenvalue weighted by Gasteiger charge is 2.21. The Balaban J connectivity index is 1.68. The number of hydrogen-bond donors (Lipinski definition) is 1. The largest absolute Gasteiger partial charge is 0.493 e. The molecular formula is C19H20N2O2S2. The Hall–Kier alpha value is -1.76. The van der Waals surface area contributed by atoms with Crippen molar-refractivity contribution in [3.63, 3.8) is 0 Å². The van der Waals surface area contributed by atoms with E-state index in [1.807, 2.05) is 12.3 Å². The number of fused-ring (bicyclic) bond motifs is 1. The third kappa shape index (κ3) is 3.10. The fourth-order valence-electron chi connectivity index (χ4n) is 3.38. The van der Waals surface area contributed by atoms with Crippen molar-refractivity contribution < 1.29 is 9.84 Å². The number of thiazole rings is 1. The first-order chi connectivity index (χ1) is 12.2. The van der Waals surface area contributed by atoms with Crippen molar-refractivity contribution in [2.24, 2.45) is 4.99 Å². The van der Waals surface area contributed by atoms with Crippen LogP contribution in [0.25, 0.3) is 11.6 Å². The summed E-state index contributed by atoms with van der Waals surface area (Å²) >= 11 is 6.89. The Morgan fingerprint density at radius 2 is 2.36 bits per heavy atom. The van der Waals surface area contributed by atoms with Crippen LogP contribution in [0.4, 0.5) is 5.69 Å². The fraction of sp³-hybridized carbons (Fsp3) is 0.368. The molecule has 1 saturated heterocycles. The maximum Gasteiger partial charge on any atom is 0.210 e. The van der Waals surface area contributed by atoms with Gasteiger partial charge in [0.15, 0.2) is 3.95 Å². The summed E-state index contributed by atoms with van der Waals surface area (Å²) in [5.41, 5.74) is 4.41. The van der Waals surface area contributed by atoms with Crippen molar-refractivity contribution in [3.8, 4) is 5.88 Å². The van der Waals surface area contributed by atoms with Gasteiger partial charge < -0.3 is 9.84 Å². The second-order valence-electron chi connectivity index (χ2n) is 6.33. The van der Waals surface area contributed by atoms with Gasteiger partial charge in [0.05, 0.1) is 23.2 Å². The standard InChI is InChI=1S/C19H20N2O2S2/c1-2-12-5-3-7-15-13(10-20-17(12)15)9-16-18(22)21(19(24)25-16)11-14-6-4-8-23-14/h3,5,7,9-10,14,22H,2,4,6,8,11H2,1H3/t14-/m0/s1. The molecule has 0 amide bonds. The molecule has 25 heavy (non-hydrogen) atoms. The molecule has 0 bridgehead atoms. The number of rotatable bonds is 4. The summed E-state index contributed by atoms with van der Waals surface area (Å²) in [6, 6.07) is 6.25. The van der Waals surface area contributed by atoms with Gasteiger partial charge in [-0.1, -0.05) is 25.1 Å². The SMILES string of the molecule is CCc1cccc2c1N=CC2=Cc1sc(=S)n(C[C@@H]2CCCO2)c1O. The highest BCUT2D eigenvalue weighted by molar-refractivity contribution is 7.73. The molecular weight excluding hydrogens is 352 g/mol. The van der Waals surface area contributed by atoms with Gasteiger partial charge in [0.1, 0.15) is 0 Å². The van der Waals surface area contributed by atoms with E-state index in [1.165, 1.54) is 16.9 Å². The van der Waals surface area contributed by atoms with Crippen LogP contribution in [0.1, 0.15) is 35.8 Å². The highest BCUT2D eigenvalue weighted by atomic mass is 32.1. The molecule has 130 valence electrons. The van der Waals surface area contributed by atoms with Crippen LogP contribution >= 0.6 is 23.6 Å². The zero-order chi connectivity index (χ0) is 17.4. The van der Waals surface area contributed by atoms with Gasteiger partial charge in [-0.3, -0.25) is 9.56 Å². The highest BCUT2D eigenvalue weighted by Crippen LogP contribution is 2.38. The van der Waals surface area contributed by atoms with Gasteiger partial charge in [-0.15, -0.1) is 11.3 Å². The van der Waals surface area contributed by atoms with Crippen molar-refractivity contribution in [1.82, 2.24) is 4.57 Å². The van der Waals surface area contributed by atoms with Crippen LogP contribution in [0.3, 0.4) is 0 Å². The Bertz CT molecular complexity index is 918. The van der Waals surface area contributed by atoms with Gasteiger partial charge in [-0.05, 0) is 43.1 Å². The monoisotopic (exact) mass is 372 g/mol. The Kier molecular flexibility index (Phi) is 4.58. The number of aromatic nitrogens is 1. The molecule has 2 aromatic rings. The van der Waals surface area contributed by atoms with Crippen LogP contribution in [-0.4, -0.2) is 28.6 Å². The first-order valence-corrected chi connectivity index (χ1v) is 9.82. The topological polar surface area (TPSA) is 46.8 Å². The van der Waals surface area contributed by atoms with Gasteiger partial charge in [0.2, 0.25) is 5.88 Å². The van der Waals surface area contributed by atoms with Crippen LogP contribution in [0.5, 0.6) is 5.88 Å². The fourth-order valence-corrected chi connectivity index (χ4v) is 4.66. The average molecular weight is 373 g/mol.